The molecular formula is C13H15N3O5. The Hall–Kier alpha value is -2.64. The molecule has 2 atom stereocenters. The minimum Gasteiger partial charge on any atom is -0.481 e. The number of nitrogen functional groups attached to an aromatic ring is 1. The monoisotopic (exact) mass is 293 g/mol. The fourth-order valence-electron chi connectivity index (χ4n) is 2.52. The van der Waals surface area contributed by atoms with Crippen LogP contribution in [0.3, 0.4) is 0 Å². The third-order valence-electron chi connectivity index (χ3n) is 3.64. The number of aliphatic carboxylic acids is 1. The molecule has 0 saturated heterocycles. The van der Waals surface area contributed by atoms with Crippen LogP contribution in [0.1, 0.15) is 29.6 Å². The van der Waals surface area contributed by atoms with Crippen molar-refractivity contribution in [3.8, 4) is 0 Å². The van der Waals surface area contributed by atoms with Gasteiger partial charge in [-0.25, -0.2) is 0 Å². The second kappa shape index (κ2) is 5.78. The highest BCUT2D eigenvalue weighted by molar-refractivity contribution is 5.96. The van der Waals surface area contributed by atoms with Gasteiger partial charge in [-0.05, 0) is 25.0 Å². The first-order valence-corrected chi connectivity index (χ1v) is 6.47. The lowest BCUT2D eigenvalue weighted by Crippen LogP contribution is -2.40. The van der Waals surface area contributed by atoms with Crippen molar-refractivity contribution in [2.24, 2.45) is 5.92 Å². The largest absolute Gasteiger partial charge is 0.481 e. The number of nitro groups is 1. The van der Waals surface area contributed by atoms with E-state index >= 15 is 0 Å². The molecule has 0 aromatic heterocycles. The third-order valence-corrected chi connectivity index (χ3v) is 3.64. The van der Waals surface area contributed by atoms with Crippen molar-refractivity contribution in [2.45, 2.75) is 25.3 Å². The van der Waals surface area contributed by atoms with Gasteiger partial charge >= 0.3 is 5.97 Å². The topological polar surface area (TPSA) is 136 Å². The molecule has 0 radical (unpaired) electrons. The van der Waals surface area contributed by atoms with Crippen LogP contribution in [0.15, 0.2) is 18.2 Å². The molecule has 0 unspecified atom stereocenters. The predicted octanol–water partition coefficient (Wildman–Crippen LogP) is 1.16. The smallest absolute Gasteiger partial charge is 0.308 e. The summed E-state index contributed by atoms with van der Waals surface area (Å²) >= 11 is 0. The molecule has 1 aromatic rings. The maximum absolute atomic E-state index is 12.1. The lowest BCUT2D eigenvalue weighted by molar-refractivity contribution is -0.383. The van der Waals surface area contributed by atoms with E-state index in [-0.39, 0.29) is 16.9 Å². The van der Waals surface area contributed by atoms with E-state index in [2.05, 4.69) is 5.32 Å². The number of nitrogens with one attached hydrogen (secondary N) is 1. The van der Waals surface area contributed by atoms with Crippen molar-refractivity contribution in [2.75, 3.05) is 5.73 Å². The second-order valence-electron chi connectivity index (χ2n) is 4.99. The number of carbonyl (C=O) groups is 2. The summed E-state index contributed by atoms with van der Waals surface area (Å²) in [6.07, 6.45) is 1.83. The van der Waals surface area contributed by atoms with E-state index in [0.717, 1.165) is 12.5 Å². The Kier molecular flexibility index (Phi) is 4.06. The summed E-state index contributed by atoms with van der Waals surface area (Å²) in [6.45, 7) is 0. The van der Waals surface area contributed by atoms with E-state index in [9.17, 15) is 19.7 Å². The normalized spacial score (nSPS) is 21.0. The van der Waals surface area contributed by atoms with Crippen LogP contribution < -0.4 is 11.1 Å². The maximum atomic E-state index is 12.1. The number of carboxylic acids is 1. The maximum Gasteiger partial charge on any atom is 0.308 e. The van der Waals surface area contributed by atoms with Crippen molar-refractivity contribution in [3.63, 3.8) is 0 Å². The summed E-state index contributed by atoms with van der Waals surface area (Å²) in [5.41, 5.74) is 5.18. The molecule has 2 rings (SSSR count). The zero-order valence-corrected chi connectivity index (χ0v) is 11.1. The molecule has 8 heteroatoms. The van der Waals surface area contributed by atoms with Crippen LogP contribution in [0, 0.1) is 16.0 Å². The van der Waals surface area contributed by atoms with Gasteiger partial charge < -0.3 is 16.2 Å². The molecule has 21 heavy (non-hydrogen) atoms. The van der Waals surface area contributed by atoms with E-state index in [4.69, 9.17) is 10.8 Å². The van der Waals surface area contributed by atoms with Gasteiger partial charge in [0, 0.05) is 17.7 Å². The molecular weight excluding hydrogens is 278 g/mol. The molecule has 1 aromatic carbocycles. The molecule has 1 amide bonds. The highest BCUT2D eigenvalue weighted by Gasteiger charge is 2.34. The zero-order valence-electron chi connectivity index (χ0n) is 11.1. The standard InChI is InChI=1S/C13H15N3O5/c14-9-5-4-7(6-11(9)16(20)21)12(17)15-10-3-1-2-8(10)13(18)19/h4-6,8,10H,1-3,14H2,(H,15,17)(H,18,19)/t8-,10+/m0/s1. The van der Waals surface area contributed by atoms with Crippen LogP contribution in [-0.2, 0) is 4.79 Å². The van der Waals surface area contributed by atoms with E-state index in [0.29, 0.717) is 12.8 Å². The van der Waals surface area contributed by atoms with Crippen LogP contribution in [-0.4, -0.2) is 27.9 Å². The minimum absolute atomic E-state index is 0.0270. The Labute approximate surface area is 120 Å². The molecule has 1 aliphatic rings. The number of hydrogen-bond acceptors (Lipinski definition) is 5. The van der Waals surface area contributed by atoms with Gasteiger partial charge in [-0.15, -0.1) is 0 Å². The van der Waals surface area contributed by atoms with E-state index < -0.39 is 28.8 Å². The van der Waals surface area contributed by atoms with Crippen molar-refractivity contribution < 1.29 is 19.6 Å². The number of nitrogens with zero attached hydrogens (tertiary/aromatic N) is 1. The molecule has 1 fully saturated rings. The van der Waals surface area contributed by atoms with E-state index in [1.54, 1.807) is 0 Å². The van der Waals surface area contributed by atoms with Gasteiger partial charge in [0.25, 0.3) is 11.6 Å². The first kappa shape index (κ1) is 14.8. The third kappa shape index (κ3) is 3.10. The number of amides is 1. The predicted molar refractivity (Wildman–Crippen MR) is 73.7 cm³/mol. The number of benzene rings is 1. The van der Waals surface area contributed by atoms with Crippen LogP contribution in [0.4, 0.5) is 11.4 Å². The molecule has 1 saturated carbocycles. The molecule has 0 spiro atoms. The summed E-state index contributed by atoms with van der Waals surface area (Å²) in [6, 6.07) is 3.31. The van der Waals surface area contributed by atoms with E-state index in [1.165, 1.54) is 12.1 Å². The van der Waals surface area contributed by atoms with Crippen LogP contribution in [0.5, 0.6) is 0 Å². The molecule has 1 aliphatic carbocycles. The van der Waals surface area contributed by atoms with Crippen LogP contribution >= 0.6 is 0 Å². The van der Waals surface area contributed by atoms with Crippen LogP contribution in [0.2, 0.25) is 0 Å². The average molecular weight is 293 g/mol. The second-order valence-corrected chi connectivity index (χ2v) is 4.99. The number of nitrogens with two attached hydrogens (primary N) is 1. The quantitative estimate of drug-likeness (QED) is 0.433. The summed E-state index contributed by atoms with van der Waals surface area (Å²) in [5, 5.41) is 22.5. The Morgan fingerprint density at radius 1 is 1.38 bits per heavy atom. The van der Waals surface area contributed by atoms with E-state index in [1.807, 2.05) is 0 Å². The Morgan fingerprint density at radius 2 is 2.10 bits per heavy atom. The first-order valence-electron chi connectivity index (χ1n) is 6.47. The van der Waals surface area contributed by atoms with Crippen LogP contribution in [0.25, 0.3) is 0 Å². The highest BCUT2D eigenvalue weighted by Crippen LogP contribution is 2.27. The van der Waals surface area contributed by atoms with Crippen molar-refractivity contribution in [1.29, 1.82) is 0 Å². The number of carbonyl (C=O) groups excluding carboxylic acids is 1. The molecule has 0 heterocycles. The summed E-state index contributed by atoms with van der Waals surface area (Å²) in [4.78, 5) is 33.3. The van der Waals surface area contributed by atoms with Gasteiger partial charge in [-0.1, -0.05) is 6.42 Å². The molecule has 0 aliphatic heterocycles. The molecule has 112 valence electrons. The Morgan fingerprint density at radius 3 is 2.71 bits per heavy atom. The minimum atomic E-state index is -0.943. The average Bonchev–Trinajstić information content (AvgIpc) is 2.87. The lowest BCUT2D eigenvalue weighted by atomic mass is 10.0. The summed E-state index contributed by atoms with van der Waals surface area (Å²) in [5.74, 6) is -2.09. The first-order chi connectivity index (χ1) is 9.90. The number of nitro benzene ring substituents is 1. The summed E-state index contributed by atoms with van der Waals surface area (Å²) in [7, 11) is 0. The van der Waals surface area contributed by atoms with Gasteiger partial charge in [0.1, 0.15) is 5.69 Å². The van der Waals surface area contributed by atoms with Crippen molar-refractivity contribution in [1.82, 2.24) is 5.32 Å². The van der Waals surface area contributed by atoms with Gasteiger partial charge in [0.15, 0.2) is 0 Å². The highest BCUT2D eigenvalue weighted by atomic mass is 16.6. The van der Waals surface area contributed by atoms with Gasteiger partial charge in [0.05, 0.1) is 10.8 Å². The van der Waals surface area contributed by atoms with Crippen molar-refractivity contribution >= 4 is 23.3 Å². The van der Waals surface area contributed by atoms with Crippen molar-refractivity contribution in [3.05, 3.63) is 33.9 Å². The fraction of sp³-hybridized carbons (Fsp3) is 0.385. The number of anilines is 1. The Bertz CT molecular complexity index is 601. The Balaban J connectivity index is 2.15. The van der Waals surface area contributed by atoms with Gasteiger partial charge in [-0.2, -0.15) is 0 Å². The molecule has 0 bridgehead atoms. The lowest BCUT2D eigenvalue weighted by Gasteiger charge is -2.17. The number of rotatable bonds is 4. The number of hydrogen-bond donors (Lipinski definition) is 3. The van der Waals surface area contributed by atoms with Gasteiger partial charge in [-0.3, -0.25) is 19.7 Å². The molecule has 8 nitrogen and oxygen atoms in total. The number of carboxylic acid groups (broad SMARTS) is 1. The summed E-state index contributed by atoms with van der Waals surface area (Å²) < 4.78 is 0. The SMILES string of the molecule is Nc1ccc(C(=O)N[C@@H]2CCC[C@@H]2C(=O)O)cc1[N+](=O)[O-]. The molecule has 4 N–H and O–H groups in total. The van der Waals surface area contributed by atoms with Gasteiger partial charge in [0.2, 0.25) is 0 Å². The zero-order chi connectivity index (χ0) is 15.6. The fourth-order valence-corrected chi connectivity index (χ4v) is 2.52.